The number of carbonyl (C=O) groups is 1. The SMILES string of the molecule is CCOC(=O)/C=C/c1cc(O)c(OCC(OCC)OCC)c(OC)c1. The van der Waals surface area contributed by atoms with E-state index in [-0.39, 0.29) is 18.1 Å². The lowest BCUT2D eigenvalue weighted by Gasteiger charge is -2.19. The van der Waals surface area contributed by atoms with E-state index in [4.69, 9.17) is 23.7 Å². The maximum Gasteiger partial charge on any atom is 0.330 e. The Morgan fingerprint density at radius 1 is 1.16 bits per heavy atom. The first-order valence-corrected chi connectivity index (χ1v) is 8.17. The number of phenolic OH excluding ortho intramolecular Hbond substituents is 1. The minimum Gasteiger partial charge on any atom is -0.504 e. The first kappa shape index (κ1) is 20.8. The summed E-state index contributed by atoms with van der Waals surface area (Å²) in [6.07, 6.45) is 2.26. The first-order chi connectivity index (χ1) is 12.0. The van der Waals surface area contributed by atoms with Gasteiger partial charge in [0, 0.05) is 19.3 Å². The maximum atomic E-state index is 11.4. The molecule has 0 aliphatic heterocycles. The van der Waals surface area contributed by atoms with Crippen LogP contribution in [0.5, 0.6) is 17.2 Å². The molecule has 0 saturated carbocycles. The van der Waals surface area contributed by atoms with Crippen molar-refractivity contribution in [2.24, 2.45) is 0 Å². The fraction of sp³-hybridized carbons (Fsp3) is 0.500. The number of ether oxygens (including phenoxy) is 5. The van der Waals surface area contributed by atoms with Crippen molar-refractivity contribution < 1.29 is 33.6 Å². The highest BCUT2D eigenvalue weighted by molar-refractivity contribution is 5.87. The van der Waals surface area contributed by atoms with Crippen LogP contribution in [0, 0.1) is 0 Å². The lowest BCUT2D eigenvalue weighted by Crippen LogP contribution is -2.25. The normalized spacial score (nSPS) is 11.1. The number of aromatic hydroxyl groups is 1. The number of hydrogen-bond acceptors (Lipinski definition) is 7. The van der Waals surface area contributed by atoms with Gasteiger partial charge in [0.15, 0.2) is 17.8 Å². The largest absolute Gasteiger partial charge is 0.504 e. The standard InChI is InChI=1S/C18H26O7/c1-5-22-16(20)9-8-13-10-14(19)18(15(11-13)21-4)25-12-17(23-6-2)24-7-3/h8-11,17,19H,5-7,12H2,1-4H3/b9-8+. The van der Waals surface area contributed by atoms with Crippen LogP contribution in [0.4, 0.5) is 0 Å². The van der Waals surface area contributed by atoms with E-state index in [9.17, 15) is 9.90 Å². The minimum atomic E-state index is -0.539. The van der Waals surface area contributed by atoms with Gasteiger partial charge < -0.3 is 28.8 Å². The second-order valence-corrected chi connectivity index (χ2v) is 4.81. The van der Waals surface area contributed by atoms with E-state index < -0.39 is 12.3 Å². The summed E-state index contributed by atoms with van der Waals surface area (Å²) in [7, 11) is 1.46. The van der Waals surface area contributed by atoms with Gasteiger partial charge in [0.05, 0.1) is 13.7 Å². The maximum absolute atomic E-state index is 11.4. The molecule has 1 aromatic carbocycles. The lowest BCUT2D eigenvalue weighted by atomic mass is 10.1. The molecule has 0 aliphatic rings. The van der Waals surface area contributed by atoms with Crippen LogP contribution < -0.4 is 9.47 Å². The molecule has 0 aromatic heterocycles. The van der Waals surface area contributed by atoms with Gasteiger partial charge in [0.2, 0.25) is 5.75 Å². The third kappa shape index (κ3) is 7.03. The molecule has 140 valence electrons. The van der Waals surface area contributed by atoms with E-state index in [0.29, 0.717) is 31.1 Å². The van der Waals surface area contributed by atoms with E-state index in [1.165, 1.54) is 25.3 Å². The molecule has 7 nitrogen and oxygen atoms in total. The van der Waals surface area contributed by atoms with Crippen molar-refractivity contribution in [3.63, 3.8) is 0 Å². The van der Waals surface area contributed by atoms with Crippen molar-refractivity contribution in [3.05, 3.63) is 23.8 Å². The molecule has 0 fully saturated rings. The highest BCUT2D eigenvalue weighted by atomic mass is 16.7. The van der Waals surface area contributed by atoms with Gasteiger partial charge in [0.25, 0.3) is 0 Å². The molecule has 0 spiro atoms. The van der Waals surface area contributed by atoms with Crippen molar-refractivity contribution in [1.29, 1.82) is 0 Å². The van der Waals surface area contributed by atoms with Crippen molar-refractivity contribution in [1.82, 2.24) is 0 Å². The van der Waals surface area contributed by atoms with Gasteiger partial charge >= 0.3 is 5.97 Å². The van der Waals surface area contributed by atoms with Crippen LogP contribution in [-0.4, -0.2) is 50.9 Å². The smallest absolute Gasteiger partial charge is 0.330 e. The van der Waals surface area contributed by atoms with E-state index in [2.05, 4.69) is 0 Å². The van der Waals surface area contributed by atoms with Crippen molar-refractivity contribution >= 4 is 12.0 Å². The number of phenols is 1. The highest BCUT2D eigenvalue weighted by Gasteiger charge is 2.16. The molecule has 1 aromatic rings. The first-order valence-electron chi connectivity index (χ1n) is 8.17. The summed E-state index contributed by atoms with van der Waals surface area (Å²) < 4.78 is 26.5. The molecular formula is C18H26O7. The molecule has 0 unspecified atom stereocenters. The summed E-state index contributed by atoms with van der Waals surface area (Å²) in [5.74, 6) is -0.0670. The van der Waals surface area contributed by atoms with Gasteiger partial charge in [-0.25, -0.2) is 4.79 Å². The van der Waals surface area contributed by atoms with Gasteiger partial charge in [0.1, 0.15) is 6.61 Å². The number of methoxy groups -OCH3 is 1. The Hall–Kier alpha value is -2.25. The Morgan fingerprint density at radius 3 is 2.40 bits per heavy atom. The molecular weight excluding hydrogens is 328 g/mol. The van der Waals surface area contributed by atoms with Crippen molar-refractivity contribution in [3.8, 4) is 17.2 Å². The van der Waals surface area contributed by atoms with Crippen LogP contribution >= 0.6 is 0 Å². The summed E-state index contributed by atoms with van der Waals surface area (Å²) in [6.45, 7) is 6.80. The Bertz CT molecular complexity index is 563. The number of carbonyl (C=O) groups excluding carboxylic acids is 1. The van der Waals surface area contributed by atoms with E-state index in [1.54, 1.807) is 13.0 Å². The molecule has 7 heteroatoms. The topological polar surface area (TPSA) is 83.5 Å². The third-order valence-electron chi connectivity index (χ3n) is 3.04. The van der Waals surface area contributed by atoms with Gasteiger partial charge in [-0.1, -0.05) is 0 Å². The Morgan fingerprint density at radius 2 is 1.84 bits per heavy atom. The summed E-state index contributed by atoms with van der Waals surface area (Å²) in [5, 5.41) is 10.2. The van der Waals surface area contributed by atoms with Gasteiger partial charge in [-0.3, -0.25) is 0 Å². The highest BCUT2D eigenvalue weighted by Crippen LogP contribution is 2.38. The summed E-state index contributed by atoms with van der Waals surface area (Å²) >= 11 is 0. The Labute approximate surface area is 148 Å². The van der Waals surface area contributed by atoms with Gasteiger partial charge in [-0.15, -0.1) is 0 Å². The minimum absolute atomic E-state index is 0.101. The number of rotatable bonds is 11. The molecule has 1 N–H and O–H groups in total. The predicted molar refractivity (Wildman–Crippen MR) is 92.9 cm³/mol. The summed E-state index contributed by atoms with van der Waals surface area (Å²) in [5.41, 5.74) is 0.570. The zero-order valence-electron chi connectivity index (χ0n) is 15.1. The molecule has 0 heterocycles. The molecule has 25 heavy (non-hydrogen) atoms. The number of benzene rings is 1. The zero-order valence-corrected chi connectivity index (χ0v) is 15.1. The van der Waals surface area contributed by atoms with Crippen molar-refractivity contribution in [2.45, 2.75) is 27.1 Å². The average Bonchev–Trinajstić information content (AvgIpc) is 2.59. The van der Waals surface area contributed by atoms with Gasteiger partial charge in [-0.2, -0.15) is 0 Å². The van der Waals surface area contributed by atoms with E-state index in [1.807, 2.05) is 13.8 Å². The van der Waals surface area contributed by atoms with E-state index in [0.717, 1.165) is 0 Å². The second-order valence-electron chi connectivity index (χ2n) is 4.81. The molecule has 0 saturated heterocycles. The van der Waals surface area contributed by atoms with Crippen molar-refractivity contribution in [2.75, 3.05) is 33.5 Å². The molecule has 1 rings (SSSR count). The third-order valence-corrected chi connectivity index (χ3v) is 3.04. The summed E-state index contributed by atoms with van der Waals surface area (Å²) in [4.78, 5) is 11.4. The van der Waals surface area contributed by atoms with E-state index >= 15 is 0 Å². The molecule has 0 bridgehead atoms. The Balaban J connectivity index is 2.89. The molecule has 0 amide bonds. The fourth-order valence-corrected chi connectivity index (χ4v) is 2.02. The second kappa shape index (κ2) is 11.3. The van der Waals surface area contributed by atoms with Crippen LogP contribution in [0.2, 0.25) is 0 Å². The van der Waals surface area contributed by atoms with Crippen LogP contribution in [-0.2, 0) is 19.0 Å². The quantitative estimate of drug-likeness (QED) is 0.372. The van der Waals surface area contributed by atoms with Gasteiger partial charge in [-0.05, 0) is 44.5 Å². The molecule has 0 aliphatic carbocycles. The fourth-order valence-electron chi connectivity index (χ4n) is 2.02. The van der Waals surface area contributed by atoms with Crippen LogP contribution in [0.25, 0.3) is 6.08 Å². The number of esters is 1. The predicted octanol–water partition coefficient (Wildman–Crippen LogP) is 2.76. The zero-order chi connectivity index (χ0) is 18.7. The summed E-state index contributed by atoms with van der Waals surface area (Å²) in [6, 6.07) is 3.10. The van der Waals surface area contributed by atoms with Crippen LogP contribution in [0.3, 0.4) is 0 Å². The molecule has 0 atom stereocenters. The van der Waals surface area contributed by atoms with Crippen LogP contribution in [0.15, 0.2) is 18.2 Å². The van der Waals surface area contributed by atoms with Crippen LogP contribution in [0.1, 0.15) is 26.3 Å². The lowest BCUT2D eigenvalue weighted by molar-refractivity contribution is -0.152. The monoisotopic (exact) mass is 354 g/mol. The Kier molecular flexibility index (Phi) is 9.42. The molecule has 0 radical (unpaired) electrons. The average molecular weight is 354 g/mol. The number of hydrogen-bond donors (Lipinski definition) is 1.